The van der Waals surface area contributed by atoms with Crippen LogP contribution in [0.1, 0.15) is 27.7 Å². The number of hydrogen-bond donors (Lipinski definition) is 0. The van der Waals surface area contributed by atoms with E-state index >= 15 is 0 Å². The van der Waals surface area contributed by atoms with E-state index in [9.17, 15) is 0 Å². The van der Waals surface area contributed by atoms with Crippen LogP contribution in [-0.2, 0) is 26.2 Å². The van der Waals surface area contributed by atoms with Gasteiger partial charge in [0.15, 0.2) is 0 Å². The molecule has 0 spiro atoms. The van der Waals surface area contributed by atoms with Crippen molar-refractivity contribution in [3.8, 4) is 0 Å². The van der Waals surface area contributed by atoms with Gasteiger partial charge in [0.2, 0.25) is 0 Å². The van der Waals surface area contributed by atoms with Crippen LogP contribution in [0.2, 0.25) is 13.1 Å². The molecule has 0 nitrogen and oxygen atoms in total. The van der Waals surface area contributed by atoms with Crippen molar-refractivity contribution in [1.29, 1.82) is 0 Å². The summed E-state index contributed by atoms with van der Waals surface area (Å²) in [5.41, 5.74) is 2.56. The van der Waals surface area contributed by atoms with Crippen molar-refractivity contribution in [2.75, 3.05) is 0 Å². The van der Waals surface area contributed by atoms with Gasteiger partial charge in [-0.1, -0.05) is 26.9 Å². The second-order valence-corrected chi connectivity index (χ2v) is 3.97. The molecule has 0 aliphatic rings. The average Bonchev–Trinajstić information content (AvgIpc) is 2.03. The first-order valence-corrected chi connectivity index (χ1v) is 7.11. The van der Waals surface area contributed by atoms with Crippen LogP contribution in [0, 0.1) is 6.08 Å². The van der Waals surface area contributed by atoms with E-state index in [1.165, 1.54) is 11.1 Å². The first kappa shape index (κ1) is 18.4. The average molecular weight is 261 g/mol. The Labute approximate surface area is 99.5 Å². The summed E-state index contributed by atoms with van der Waals surface area (Å²) >= 11 is 0. The molecule has 0 bridgehead atoms. The smallest absolute Gasteiger partial charge is 0.0135 e. The van der Waals surface area contributed by atoms with Crippen molar-refractivity contribution >= 4 is 9.52 Å². The standard InChI is InChI=1S/C8H13.C2H8Si.Zr/c1-5-7(3)8(4)6-2;1-3-2;/h5H,1-4H3;3H2,1-2H3;/q-1;;. The van der Waals surface area contributed by atoms with Crippen molar-refractivity contribution < 1.29 is 26.2 Å². The predicted molar refractivity (Wildman–Crippen MR) is 57.8 cm³/mol. The van der Waals surface area contributed by atoms with Crippen LogP contribution in [0.15, 0.2) is 17.2 Å². The van der Waals surface area contributed by atoms with E-state index in [4.69, 9.17) is 0 Å². The van der Waals surface area contributed by atoms with Crippen LogP contribution in [0.3, 0.4) is 0 Å². The van der Waals surface area contributed by atoms with Gasteiger partial charge in [-0.25, -0.2) is 11.1 Å². The van der Waals surface area contributed by atoms with E-state index < -0.39 is 0 Å². The van der Waals surface area contributed by atoms with Gasteiger partial charge in [-0.3, -0.25) is 6.08 Å². The summed E-state index contributed by atoms with van der Waals surface area (Å²) in [6.45, 7) is 12.7. The van der Waals surface area contributed by atoms with Gasteiger partial charge >= 0.3 is 0 Å². The fourth-order valence-electron chi connectivity index (χ4n) is 0.414. The minimum atomic E-state index is 0. The van der Waals surface area contributed by atoms with Crippen LogP contribution in [0.4, 0.5) is 0 Å². The molecule has 0 aromatic carbocycles. The van der Waals surface area contributed by atoms with Crippen LogP contribution in [-0.4, -0.2) is 9.52 Å². The summed E-state index contributed by atoms with van der Waals surface area (Å²) in [6.07, 6.45) is 5.15. The van der Waals surface area contributed by atoms with Crippen LogP contribution < -0.4 is 0 Å². The van der Waals surface area contributed by atoms with E-state index in [2.05, 4.69) is 39.1 Å². The molecular weight excluding hydrogens is 239 g/mol. The first-order valence-electron chi connectivity index (χ1n) is 4.28. The molecule has 0 saturated heterocycles. The zero-order valence-electron chi connectivity index (χ0n) is 9.28. The largest absolute Gasteiger partial charge is 0.275 e. The maximum absolute atomic E-state index is 3.06. The molecule has 0 rings (SSSR count). The zero-order valence-corrected chi connectivity index (χ0v) is 13.2. The van der Waals surface area contributed by atoms with Crippen molar-refractivity contribution in [1.82, 2.24) is 0 Å². The molecule has 70 valence electrons. The van der Waals surface area contributed by atoms with Gasteiger partial charge in [-0.05, 0) is 0 Å². The maximum atomic E-state index is 3.06. The van der Waals surface area contributed by atoms with Gasteiger partial charge in [0, 0.05) is 35.7 Å². The number of allylic oxidation sites excluding steroid dienone is 4. The Morgan fingerprint density at radius 1 is 1.25 bits per heavy atom. The summed E-state index contributed by atoms with van der Waals surface area (Å²) in [5.74, 6) is 0. The van der Waals surface area contributed by atoms with Crippen molar-refractivity contribution in [3.63, 3.8) is 0 Å². The molecule has 0 aromatic rings. The molecule has 12 heavy (non-hydrogen) atoms. The third-order valence-corrected chi connectivity index (χ3v) is 1.40. The molecule has 0 fully saturated rings. The van der Waals surface area contributed by atoms with Crippen molar-refractivity contribution in [2.24, 2.45) is 0 Å². The first-order chi connectivity index (χ1) is 5.13. The van der Waals surface area contributed by atoms with E-state index in [1.807, 2.05) is 13.8 Å². The minimum Gasteiger partial charge on any atom is -0.275 e. The third kappa shape index (κ3) is 13.2. The monoisotopic (exact) mass is 259 g/mol. The van der Waals surface area contributed by atoms with E-state index in [0.717, 1.165) is 0 Å². The van der Waals surface area contributed by atoms with E-state index in [1.54, 1.807) is 0 Å². The molecule has 0 aliphatic carbocycles. The van der Waals surface area contributed by atoms with Crippen molar-refractivity contribution in [2.45, 2.75) is 40.8 Å². The number of rotatable bonds is 1. The summed E-state index contributed by atoms with van der Waals surface area (Å²) in [5, 5.41) is 0. The molecular formula is C10H21SiZr-. The Morgan fingerprint density at radius 2 is 1.58 bits per heavy atom. The van der Waals surface area contributed by atoms with Gasteiger partial charge in [0.25, 0.3) is 0 Å². The molecule has 0 amide bonds. The topological polar surface area (TPSA) is 0 Å². The van der Waals surface area contributed by atoms with Gasteiger partial charge in [-0.2, -0.15) is 6.08 Å². The van der Waals surface area contributed by atoms with Gasteiger partial charge < -0.3 is 0 Å². The second kappa shape index (κ2) is 14.1. The Kier molecular flexibility index (Phi) is 21.6. The van der Waals surface area contributed by atoms with Gasteiger partial charge in [0.05, 0.1) is 0 Å². The van der Waals surface area contributed by atoms with Crippen LogP contribution in [0.5, 0.6) is 0 Å². The molecule has 0 heterocycles. The van der Waals surface area contributed by atoms with Crippen LogP contribution >= 0.6 is 0 Å². The molecule has 2 heteroatoms. The number of hydrogen-bond acceptors (Lipinski definition) is 0. The predicted octanol–water partition coefficient (Wildman–Crippen LogP) is 2.97. The fraction of sp³-hybridized carbons (Fsp3) is 0.600. The summed E-state index contributed by atoms with van der Waals surface area (Å²) in [6, 6.07) is 0. The van der Waals surface area contributed by atoms with Crippen LogP contribution in [0.25, 0.3) is 0 Å². The Morgan fingerprint density at radius 3 is 1.67 bits per heavy atom. The molecule has 0 saturated carbocycles. The second-order valence-electron chi connectivity index (χ2n) is 2.55. The molecule has 0 aromatic heterocycles. The molecule has 0 aliphatic heterocycles. The molecule has 0 N–H and O–H groups in total. The zero-order chi connectivity index (χ0) is 9.28. The third-order valence-electron chi connectivity index (χ3n) is 1.40. The maximum Gasteiger partial charge on any atom is 0.0135 e. The van der Waals surface area contributed by atoms with Gasteiger partial charge in [-0.15, -0.1) is 13.8 Å². The SMILES string of the molecule is C[C-]=C(C)C(C)=CC.C[SiH2]C.[Zr]. The summed E-state index contributed by atoms with van der Waals surface area (Å²) in [7, 11) is 0.417. The molecule has 0 radical (unpaired) electrons. The Hall–Kier alpha value is 0.580. The fourth-order valence-corrected chi connectivity index (χ4v) is 0.414. The van der Waals surface area contributed by atoms with E-state index in [0.29, 0.717) is 9.52 Å². The summed E-state index contributed by atoms with van der Waals surface area (Å²) < 4.78 is 0. The van der Waals surface area contributed by atoms with E-state index in [-0.39, 0.29) is 26.2 Å². The molecule has 0 unspecified atom stereocenters. The summed E-state index contributed by atoms with van der Waals surface area (Å²) in [4.78, 5) is 0. The molecule has 0 atom stereocenters. The van der Waals surface area contributed by atoms with Crippen molar-refractivity contribution in [3.05, 3.63) is 23.3 Å². The van der Waals surface area contributed by atoms with Gasteiger partial charge in [0.1, 0.15) is 0 Å². The minimum absolute atomic E-state index is 0. The Bertz CT molecular complexity index is 121. The normalized spacial score (nSPS) is 11.2. The quantitative estimate of drug-likeness (QED) is 0.386. The Balaban J connectivity index is -0.000000177.